The average molecular weight is 464 g/mol. The van der Waals surface area contributed by atoms with Gasteiger partial charge in [0.1, 0.15) is 17.7 Å². The number of benzene rings is 1. The van der Waals surface area contributed by atoms with Crippen molar-refractivity contribution in [1.29, 1.82) is 5.26 Å². The number of nitriles is 1. The van der Waals surface area contributed by atoms with E-state index in [0.717, 1.165) is 24.9 Å². The Kier molecular flexibility index (Phi) is 6.67. The number of aryl methyl sites for hydroxylation is 1. The van der Waals surface area contributed by atoms with Crippen molar-refractivity contribution in [2.75, 3.05) is 13.2 Å². The van der Waals surface area contributed by atoms with Gasteiger partial charge in [0.15, 0.2) is 0 Å². The Morgan fingerprint density at radius 2 is 2.06 bits per heavy atom. The molecule has 33 heavy (non-hydrogen) atoms. The minimum atomic E-state index is -0.458. The van der Waals surface area contributed by atoms with Crippen molar-refractivity contribution in [2.45, 2.75) is 31.1 Å². The average Bonchev–Trinajstić information content (AvgIpc) is 3.62. The molecular weight excluding hydrogens is 438 g/mol. The summed E-state index contributed by atoms with van der Waals surface area (Å²) in [6.45, 7) is 3.69. The van der Waals surface area contributed by atoms with Gasteiger partial charge in [-0.25, -0.2) is 4.98 Å². The van der Waals surface area contributed by atoms with Gasteiger partial charge in [-0.05, 0) is 42.7 Å². The van der Waals surface area contributed by atoms with Crippen molar-refractivity contribution in [3.8, 4) is 11.9 Å². The molecular formula is C24H25N5O3S. The van der Waals surface area contributed by atoms with E-state index in [0.29, 0.717) is 29.0 Å². The fraction of sp³-hybridized carbons (Fsp3) is 0.333. The van der Waals surface area contributed by atoms with E-state index in [9.17, 15) is 9.59 Å². The van der Waals surface area contributed by atoms with E-state index in [1.54, 1.807) is 61.6 Å². The lowest BCUT2D eigenvalue weighted by Gasteiger charge is -2.17. The third-order valence-corrected chi connectivity index (χ3v) is 6.98. The van der Waals surface area contributed by atoms with Gasteiger partial charge in [-0.1, -0.05) is 31.0 Å². The van der Waals surface area contributed by atoms with E-state index in [1.807, 2.05) is 0 Å². The normalized spacial score (nSPS) is 14.0. The molecule has 1 aromatic carbocycles. The SMILES string of the molecule is CCNSC1(COc2nccc3cc(C(=O)NCc4ccc(C#N)cc4)c(=O)n(C)c23)CC1. The smallest absolute Gasteiger partial charge is 0.263 e. The molecule has 9 heteroatoms. The fourth-order valence-electron chi connectivity index (χ4n) is 3.49. The molecule has 2 heterocycles. The van der Waals surface area contributed by atoms with Crippen LogP contribution in [0.15, 0.2) is 47.4 Å². The van der Waals surface area contributed by atoms with Crippen LogP contribution in [0.3, 0.4) is 0 Å². The molecule has 1 aliphatic rings. The third-order valence-electron chi connectivity index (χ3n) is 5.59. The summed E-state index contributed by atoms with van der Waals surface area (Å²) in [5.74, 6) is -0.0693. The van der Waals surface area contributed by atoms with Gasteiger partial charge in [-0.2, -0.15) is 5.26 Å². The van der Waals surface area contributed by atoms with Crippen LogP contribution in [-0.2, 0) is 13.6 Å². The van der Waals surface area contributed by atoms with Crippen LogP contribution in [-0.4, -0.2) is 33.4 Å². The Balaban J connectivity index is 1.53. The highest BCUT2D eigenvalue weighted by atomic mass is 32.2. The second-order valence-electron chi connectivity index (χ2n) is 8.04. The first kappa shape index (κ1) is 22.8. The number of aromatic nitrogens is 2. The zero-order chi connectivity index (χ0) is 23.4. The highest BCUT2D eigenvalue weighted by molar-refractivity contribution is 7.99. The first-order valence-corrected chi connectivity index (χ1v) is 11.6. The molecule has 0 saturated heterocycles. The zero-order valence-electron chi connectivity index (χ0n) is 18.6. The molecule has 1 fully saturated rings. The van der Waals surface area contributed by atoms with Crippen LogP contribution in [0.2, 0.25) is 0 Å². The molecule has 2 N–H and O–H groups in total. The molecule has 1 aliphatic carbocycles. The lowest BCUT2D eigenvalue weighted by atomic mass is 10.1. The number of hydrogen-bond acceptors (Lipinski definition) is 7. The Labute approximate surface area is 196 Å². The van der Waals surface area contributed by atoms with Crippen LogP contribution in [0.1, 0.15) is 41.3 Å². The summed E-state index contributed by atoms with van der Waals surface area (Å²) in [6.07, 6.45) is 3.76. The summed E-state index contributed by atoms with van der Waals surface area (Å²) >= 11 is 1.69. The molecule has 2 aromatic heterocycles. The van der Waals surface area contributed by atoms with Gasteiger partial charge in [0, 0.05) is 31.7 Å². The van der Waals surface area contributed by atoms with Crippen molar-refractivity contribution in [3.05, 3.63) is 69.6 Å². The van der Waals surface area contributed by atoms with Gasteiger partial charge >= 0.3 is 0 Å². The topological polar surface area (TPSA) is 109 Å². The van der Waals surface area contributed by atoms with Gasteiger partial charge in [0.05, 0.1) is 16.4 Å². The van der Waals surface area contributed by atoms with Crippen LogP contribution in [0.25, 0.3) is 10.9 Å². The lowest BCUT2D eigenvalue weighted by Crippen LogP contribution is -2.32. The van der Waals surface area contributed by atoms with Gasteiger partial charge < -0.3 is 14.6 Å². The predicted molar refractivity (Wildman–Crippen MR) is 128 cm³/mol. The van der Waals surface area contributed by atoms with Crippen LogP contribution in [0.5, 0.6) is 5.88 Å². The standard InChI is InChI=1S/C24H25N5O3S/c1-3-28-33-24(9-10-24)15-32-22-20-18(8-11-26-22)12-19(23(31)29(20)2)21(30)27-14-17-6-4-16(13-25)5-7-17/h4-8,11-12,28H,3,9-10,14-15H2,1-2H3,(H,27,30). The van der Waals surface area contributed by atoms with Crippen LogP contribution < -0.4 is 20.3 Å². The molecule has 0 unspecified atom stereocenters. The lowest BCUT2D eigenvalue weighted by molar-refractivity contribution is 0.0949. The second kappa shape index (κ2) is 9.65. The number of pyridine rings is 2. The second-order valence-corrected chi connectivity index (χ2v) is 9.40. The molecule has 1 saturated carbocycles. The Hall–Kier alpha value is -3.35. The summed E-state index contributed by atoms with van der Waals surface area (Å²) in [6, 6.07) is 12.3. The summed E-state index contributed by atoms with van der Waals surface area (Å²) in [5.41, 5.74) is 1.59. The fourth-order valence-corrected chi connectivity index (χ4v) is 4.36. The first-order valence-electron chi connectivity index (χ1n) is 10.8. The molecule has 0 spiro atoms. The quantitative estimate of drug-likeness (QED) is 0.470. The number of nitrogens with one attached hydrogen (secondary N) is 2. The van der Waals surface area contributed by atoms with E-state index in [4.69, 9.17) is 10.00 Å². The number of carbonyl (C=O) groups is 1. The number of ether oxygens (including phenoxy) is 1. The van der Waals surface area contributed by atoms with Crippen LogP contribution >= 0.6 is 11.9 Å². The number of carbonyl (C=O) groups excluding carboxylic acids is 1. The summed E-state index contributed by atoms with van der Waals surface area (Å²) in [5, 5.41) is 12.4. The largest absolute Gasteiger partial charge is 0.475 e. The van der Waals surface area contributed by atoms with Crippen molar-refractivity contribution in [1.82, 2.24) is 19.6 Å². The Morgan fingerprint density at radius 3 is 2.73 bits per heavy atom. The van der Waals surface area contributed by atoms with Crippen molar-refractivity contribution < 1.29 is 9.53 Å². The van der Waals surface area contributed by atoms with Crippen molar-refractivity contribution >= 4 is 28.8 Å². The Morgan fingerprint density at radius 1 is 1.30 bits per heavy atom. The first-order chi connectivity index (χ1) is 16.0. The number of nitrogens with zero attached hydrogens (tertiary/aromatic N) is 3. The number of fused-ring (bicyclic) bond motifs is 1. The maximum Gasteiger partial charge on any atom is 0.263 e. The predicted octanol–water partition coefficient (Wildman–Crippen LogP) is 2.90. The number of rotatable bonds is 9. The maximum atomic E-state index is 13.0. The van der Waals surface area contributed by atoms with E-state index in [-0.39, 0.29) is 16.9 Å². The van der Waals surface area contributed by atoms with Crippen molar-refractivity contribution in [2.24, 2.45) is 7.05 Å². The maximum absolute atomic E-state index is 13.0. The molecule has 0 atom stereocenters. The van der Waals surface area contributed by atoms with E-state index in [1.165, 1.54) is 4.57 Å². The molecule has 0 bridgehead atoms. The monoisotopic (exact) mass is 463 g/mol. The minimum absolute atomic E-state index is 0.0456. The highest BCUT2D eigenvalue weighted by Crippen LogP contribution is 2.47. The van der Waals surface area contributed by atoms with Crippen molar-refractivity contribution in [3.63, 3.8) is 0 Å². The van der Waals surface area contributed by atoms with Crippen LogP contribution in [0.4, 0.5) is 0 Å². The van der Waals surface area contributed by atoms with E-state index < -0.39 is 11.5 Å². The summed E-state index contributed by atoms with van der Waals surface area (Å²) in [7, 11) is 1.62. The molecule has 8 nitrogen and oxygen atoms in total. The van der Waals surface area contributed by atoms with Gasteiger partial charge in [-0.3, -0.25) is 14.3 Å². The molecule has 4 rings (SSSR count). The molecule has 3 aromatic rings. The zero-order valence-corrected chi connectivity index (χ0v) is 19.4. The number of amides is 1. The van der Waals surface area contributed by atoms with Gasteiger partial charge in [-0.15, -0.1) is 0 Å². The molecule has 170 valence electrons. The summed E-state index contributed by atoms with van der Waals surface area (Å²) < 4.78 is 10.8. The van der Waals surface area contributed by atoms with Gasteiger partial charge in [0.25, 0.3) is 11.5 Å². The molecule has 0 radical (unpaired) electrons. The molecule has 1 amide bonds. The highest BCUT2D eigenvalue weighted by Gasteiger charge is 2.44. The summed E-state index contributed by atoms with van der Waals surface area (Å²) in [4.78, 5) is 30.1. The minimum Gasteiger partial charge on any atom is -0.475 e. The van der Waals surface area contributed by atoms with Crippen LogP contribution in [0, 0.1) is 11.3 Å². The third kappa shape index (κ3) is 5.02. The Bertz CT molecular complexity index is 1280. The van der Waals surface area contributed by atoms with Gasteiger partial charge in [0.2, 0.25) is 5.88 Å². The number of hydrogen-bond donors (Lipinski definition) is 2. The van der Waals surface area contributed by atoms with E-state index in [2.05, 4.69) is 28.0 Å². The van der Waals surface area contributed by atoms with E-state index >= 15 is 0 Å². The molecule has 0 aliphatic heterocycles.